The SMILES string of the molecule is COc1cc(OC)c(Cl)c(-c2cc3cnc(S(C)(=O)=O)nc3n(C(CCN3CCN([O-])CC3)C(=O)OC(C)(C)C)c2=O)c1Cl. The van der Waals surface area contributed by atoms with Crippen LogP contribution in [-0.2, 0) is 19.4 Å². The summed E-state index contributed by atoms with van der Waals surface area (Å²) in [6.07, 6.45) is 2.26. The van der Waals surface area contributed by atoms with Crippen LogP contribution in [0, 0.1) is 5.21 Å². The summed E-state index contributed by atoms with van der Waals surface area (Å²) < 4.78 is 42.5. The molecule has 0 saturated carbocycles. The third-order valence-corrected chi connectivity index (χ3v) is 8.58. The highest BCUT2D eigenvalue weighted by Gasteiger charge is 2.32. The van der Waals surface area contributed by atoms with Gasteiger partial charge in [-0.1, -0.05) is 23.2 Å². The van der Waals surface area contributed by atoms with Gasteiger partial charge in [0.1, 0.15) is 28.8 Å². The van der Waals surface area contributed by atoms with Crippen LogP contribution in [0.25, 0.3) is 22.2 Å². The Balaban J connectivity index is 2.03. The molecule has 1 saturated heterocycles. The van der Waals surface area contributed by atoms with E-state index in [0.29, 0.717) is 32.7 Å². The first kappa shape index (κ1) is 33.9. The largest absolute Gasteiger partial charge is 0.785 e. The first-order valence-electron chi connectivity index (χ1n) is 13.7. The number of carbonyl (C=O) groups is 1. The Hall–Kier alpha value is -3.01. The zero-order valence-corrected chi connectivity index (χ0v) is 27.5. The van der Waals surface area contributed by atoms with Crippen molar-refractivity contribution in [2.45, 2.75) is 44.0 Å². The zero-order valence-electron chi connectivity index (χ0n) is 25.2. The maximum atomic E-state index is 14.5. The molecule has 0 amide bonds. The van der Waals surface area contributed by atoms with Gasteiger partial charge in [-0.15, -0.1) is 0 Å². The highest BCUT2D eigenvalue weighted by atomic mass is 35.5. The maximum Gasteiger partial charge on any atom is 0.329 e. The molecule has 1 atom stereocenters. The number of methoxy groups -OCH3 is 2. The fourth-order valence-electron chi connectivity index (χ4n) is 4.85. The number of piperazine rings is 1. The summed E-state index contributed by atoms with van der Waals surface area (Å²) >= 11 is 13.4. The van der Waals surface area contributed by atoms with E-state index >= 15 is 0 Å². The number of fused-ring (bicyclic) bond motifs is 1. The molecule has 0 aliphatic carbocycles. The van der Waals surface area contributed by atoms with Crippen LogP contribution < -0.4 is 15.0 Å². The molecule has 44 heavy (non-hydrogen) atoms. The number of hydroxylamine groups is 2. The lowest BCUT2D eigenvalue weighted by Crippen LogP contribution is -2.45. The number of rotatable bonds is 9. The van der Waals surface area contributed by atoms with Gasteiger partial charge in [-0.05, 0) is 46.3 Å². The molecule has 0 spiro atoms. The highest BCUT2D eigenvalue weighted by Crippen LogP contribution is 2.45. The molecule has 0 N–H and O–H groups in total. The zero-order chi connectivity index (χ0) is 32.6. The van der Waals surface area contributed by atoms with Gasteiger partial charge in [0.25, 0.3) is 5.56 Å². The van der Waals surface area contributed by atoms with E-state index in [9.17, 15) is 23.2 Å². The van der Waals surface area contributed by atoms with E-state index in [-0.39, 0.29) is 50.1 Å². The van der Waals surface area contributed by atoms with Gasteiger partial charge in [-0.2, -0.15) is 4.98 Å². The number of halogens is 2. The number of aromatic nitrogens is 3. The van der Waals surface area contributed by atoms with Crippen molar-refractivity contribution in [3.8, 4) is 22.6 Å². The van der Waals surface area contributed by atoms with Gasteiger partial charge < -0.3 is 29.4 Å². The number of benzene rings is 1. The van der Waals surface area contributed by atoms with Crippen LogP contribution in [0.4, 0.5) is 0 Å². The number of carbonyl (C=O) groups excluding carboxylic acids is 1. The van der Waals surface area contributed by atoms with Crippen LogP contribution in [0.3, 0.4) is 0 Å². The van der Waals surface area contributed by atoms with Gasteiger partial charge in [0.15, 0.2) is 0 Å². The number of nitrogens with zero attached hydrogens (tertiary/aromatic N) is 5. The van der Waals surface area contributed by atoms with Crippen LogP contribution in [0.1, 0.15) is 33.2 Å². The molecule has 16 heteroatoms. The second kappa shape index (κ2) is 13.2. The summed E-state index contributed by atoms with van der Waals surface area (Å²) in [7, 11) is -1.12. The molecule has 1 aliphatic rings. The standard InChI is InChI=1S/C28H34Cl2N5O8S/c1-28(2,3)43-26(37)18(7-8-33-9-11-34(38)12-10-33)35-24-16(15-31-27(32-24)44(6,39)40)13-17(25(35)36)21-22(29)19(41-4)14-20(42-5)23(21)30/h13-15,18H,7-12H2,1-6H3/q-1. The summed E-state index contributed by atoms with van der Waals surface area (Å²) in [6, 6.07) is 1.63. The molecule has 0 radical (unpaired) electrons. The third kappa shape index (κ3) is 7.27. The van der Waals surface area contributed by atoms with Gasteiger partial charge in [0.2, 0.25) is 15.0 Å². The first-order valence-corrected chi connectivity index (χ1v) is 16.3. The van der Waals surface area contributed by atoms with E-state index in [1.807, 2.05) is 4.90 Å². The van der Waals surface area contributed by atoms with E-state index in [0.717, 1.165) is 15.9 Å². The normalized spacial score (nSPS) is 15.8. The average Bonchev–Trinajstić information content (AvgIpc) is 2.94. The monoisotopic (exact) mass is 670 g/mol. The number of esters is 1. The lowest BCUT2D eigenvalue weighted by atomic mass is 10.0. The molecular formula is C28H34Cl2N5O8S-. The lowest BCUT2D eigenvalue weighted by Gasteiger charge is -2.39. The molecular weight excluding hydrogens is 637 g/mol. The number of hydrogen-bond acceptors (Lipinski definition) is 12. The van der Waals surface area contributed by atoms with Crippen LogP contribution in [-0.4, -0.2) is 97.7 Å². The van der Waals surface area contributed by atoms with Gasteiger partial charge in [-0.3, -0.25) is 9.36 Å². The van der Waals surface area contributed by atoms with Crippen molar-refractivity contribution in [3.05, 3.63) is 43.9 Å². The van der Waals surface area contributed by atoms with Crippen molar-refractivity contribution in [2.24, 2.45) is 0 Å². The number of hydrogen-bond donors (Lipinski definition) is 0. The lowest BCUT2D eigenvalue weighted by molar-refractivity contribution is -0.159. The van der Waals surface area contributed by atoms with Crippen LogP contribution in [0.2, 0.25) is 10.0 Å². The van der Waals surface area contributed by atoms with Crippen LogP contribution >= 0.6 is 23.2 Å². The summed E-state index contributed by atoms with van der Waals surface area (Å²) in [5, 5.41) is 12.4. The van der Waals surface area contributed by atoms with Crippen molar-refractivity contribution < 1.29 is 27.4 Å². The summed E-state index contributed by atoms with van der Waals surface area (Å²) in [6.45, 7) is 6.94. The molecule has 0 bridgehead atoms. The quantitative estimate of drug-likeness (QED) is 0.241. The average molecular weight is 672 g/mol. The number of ether oxygens (including phenoxy) is 3. The minimum Gasteiger partial charge on any atom is -0.785 e. The van der Waals surface area contributed by atoms with E-state index in [4.69, 9.17) is 37.4 Å². The topological polar surface area (TPSA) is 156 Å². The van der Waals surface area contributed by atoms with Crippen LogP contribution in [0.15, 0.2) is 28.3 Å². The number of pyridine rings is 1. The van der Waals surface area contributed by atoms with Gasteiger partial charge in [0.05, 0.1) is 29.8 Å². The Kier molecular flexibility index (Phi) is 10.1. The molecule has 3 aromatic rings. The van der Waals surface area contributed by atoms with Crippen molar-refractivity contribution in [3.63, 3.8) is 0 Å². The Bertz CT molecular complexity index is 1710. The fraction of sp³-hybridized carbons (Fsp3) is 0.500. The second-order valence-electron chi connectivity index (χ2n) is 11.3. The second-order valence-corrected chi connectivity index (χ2v) is 14.0. The molecule has 1 fully saturated rings. The maximum absolute atomic E-state index is 14.5. The molecule has 1 aromatic carbocycles. The summed E-state index contributed by atoms with van der Waals surface area (Å²) in [5.74, 6) is -0.377. The van der Waals surface area contributed by atoms with Gasteiger partial charge >= 0.3 is 5.97 Å². The summed E-state index contributed by atoms with van der Waals surface area (Å²) in [5.41, 5.74) is -1.72. The van der Waals surface area contributed by atoms with E-state index in [1.165, 1.54) is 32.5 Å². The smallest absolute Gasteiger partial charge is 0.329 e. The minimum absolute atomic E-state index is 0.0132. The predicted octanol–water partition coefficient (Wildman–Crippen LogP) is 3.57. The Labute approximate surface area is 265 Å². The van der Waals surface area contributed by atoms with Gasteiger partial charge in [-0.25, -0.2) is 18.2 Å². The van der Waals surface area contributed by atoms with Crippen molar-refractivity contribution in [1.29, 1.82) is 0 Å². The Morgan fingerprint density at radius 3 is 2.18 bits per heavy atom. The molecule has 240 valence electrons. The molecule has 3 heterocycles. The van der Waals surface area contributed by atoms with E-state index < -0.39 is 38.2 Å². The molecule has 4 rings (SSSR count). The highest BCUT2D eigenvalue weighted by molar-refractivity contribution is 7.90. The molecule has 1 unspecified atom stereocenters. The van der Waals surface area contributed by atoms with Crippen molar-refractivity contribution in [1.82, 2.24) is 24.5 Å². The third-order valence-electron chi connectivity index (χ3n) is 6.97. The Morgan fingerprint density at radius 1 is 1.07 bits per heavy atom. The molecule has 1 aliphatic heterocycles. The fourth-order valence-corrected chi connectivity index (χ4v) is 6.05. The molecule has 13 nitrogen and oxygen atoms in total. The van der Waals surface area contributed by atoms with Crippen molar-refractivity contribution in [2.75, 3.05) is 53.2 Å². The Morgan fingerprint density at radius 2 is 1.66 bits per heavy atom. The molecule has 2 aromatic heterocycles. The van der Waals surface area contributed by atoms with E-state index in [2.05, 4.69) is 9.97 Å². The summed E-state index contributed by atoms with van der Waals surface area (Å²) in [4.78, 5) is 38.6. The predicted molar refractivity (Wildman–Crippen MR) is 166 cm³/mol. The minimum atomic E-state index is -3.90. The first-order chi connectivity index (χ1) is 20.6. The van der Waals surface area contributed by atoms with Crippen molar-refractivity contribution >= 4 is 50.0 Å². The van der Waals surface area contributed by atoms with E-state index in [1.54, 1.807) is 20.8 Å². The van der Waals surface area contributed by atoms with Crippen LogP contribution in [0.5, 0.6) is 11.5 Å². The van der Waals surface area contributed by atoms with Gasteiger partial charge in [0, 0.05) is 49.1 Å². The number of sulfone groups is 1.